The van der Waals surface area contributed by atoms with Gasteiger partial charge in [0.05, 0.1) is 0 Å². The van der Waals surface area contributed by atoms with E-state index in [1.165, 1.54) is 5.39 Å². The highest BCUT2D eigenvalue weighted by molar-refractivity contribution is 6.31. The second kappa shape index (κ2) is 6.15. The first-order valence-corrected chi connectivity index (χ1v) is 7.44. The fourth-order valence-corrected chi connectivity index (χ4v) is 2.70. The normalized spacial score (nSPS) is 10.9. The van der Waals surface area contributed by atoms with Crippen LogP contribution < -0.4 is 0 Å². The number of rotatable bonds is 5. The highest BCUT2D eigenvalue weighted by Crippen LogP contribution is 2.21. The van der Waals surface area contributed by atoms with Gasteiger partial charge >= 0.3 is 0 Å². The molecule has 0 aliphatic carbocycles. The standard InChI is InChI=1S/C18H16ClNO/c19-16-9-8-14-10-12-20(17(14)13-16)11-4-7-18(21)15-5-2-1-3-6-15/h1-3,5-6,8-10,12-13H,4,7,11H2. The van der Waals surface area contributed by atoms with Crippen molar-refractivity contribution in [3.05, 3.63) is 71.4 Å². The number of ketones is 1. The summed E-state index contributed by atoms with van der Waals surface area (Å²) in [5.74, 6) is 0.199. The van der Waals surface area contributed by atoms with Crippen molar-refractivity contribution >= 4 is 28.3 Å². The molecule has 0 spiro atoms. The Bertz CT molecular complexity index is 761. The van der Waals surface area contributed by atoms with E-state index in [0.717, 1.165) is 29.1 Å². The zero-order valence-corrected chi connectivity index (χ0v) is 12.4. The van der Waals surface area contributed by atoms with Gasteiger partial charge in [-0.3, -0.25) is 4.79 Å². The van der Waals surface area contributed by atoms with Gasteiger partial charge in [-0.15, -0.1) is 0 Å². The molecule has 21 heavy (non-hydrogen) atoms. The van der Waals surface area contributed by atoms with Crippen LogP contribution >= 0.6 is 11.6 Å². The minimum Gasteiger partial charge on any atom is -0.347 e. The molecule has 0 atom stereocenters. The first-order valence-electron chi connectivity index (χ1n) is 7.07. The monoisotopic (exact) mass is 297 g/mol. The molecule has 0 fully saturated rings. The lowest BCUT2D eigenvalue weighted by atomic mass is 10.1. The highest BCUT2D eigenvalue weighted by Gasteiger charge is 2.06. The first kappa shape index (κ1) is 13.9. The fourth-order valence-electron chi connectivity index (χ4n) is 2.53. The lowest BCUT2D eigenvalue weighted by Gasteiger charge is -2.06. The Balaban J connectivity index is 1.65. The van der Waals surface area contributed by atoms with Gasteiger partial charge < -0.3 is 4.57 Å². The molecule has 106 valence electrons. The average Bonchev–Trinajstić information content (AvgIpc) is 2.90. The van der Waals surface area contributed by atoms with E-state index >= 15 is 0 Å². The largest absolute Gasteiger partial charge is 0.347 e. The number of carbonyl (C=O) groups excluding carboxylic acids is 1. The summed E-state index contributed by atoms with van der Waals surface area (Å²) in [4.78, 5) is 12.1. The summed E-state index contributed by atoms with van der Waals surface area (Å²) in [5, 5.41) is 1.91. The van der Waals surface area contributed by atoms with Gasteiger partial charge in [0.25, 0.3) is 0 Å². The second-order valence-electron chi connectivity index (χ2n) is 5.11. The van der Waals surface area contributed by atoms with E-state index in [0.29, 0.717) is 6.42 Å². The van der Waals surface area contributed by atoms with E-state index in [1.807, 2.05) is 54.7 Å². The maximum Gasteiger partial charge on any atom is 0.162 e. The summed E-state index contributed by atoms with van der Waals surface area (Å²) >= 11 is 6.04. The molecule has 3 rings (SSSR count). The predicted molar refractivity (Wildman–Crippen MR) is 87.0 cm³/mol. The number of halogens is 1. The van der Waals surface area contributed by atoms with E-state index < -0.39 is 0 Å². The van der Waals surface area contributed by atoms with Crippen molar-refractivity contribution in [1.82, 2.24) is 4.57 Å². The molecule has 0 amide bonds. The van der Waals surface area contributed by atoms with Crippen molar-refractivity contribution in [2.24, 2.45) is 0 Å². The molecule has 2 aromatic carbocycles. The van der Waals surface area contributed by atoms with E-state index in [4.69, 9.17) is 11.6 Å². The van der Waals surface area contributed by atoms with E-state index in [1.54, 1.807) is 0 Å². The van der Waals surface area contributed by atoms with E-state index in [-0.39, 0.29) is 5.78 Å². The molecule has 1 heterocycles. The third-order valence-corrected chi connectivity index (χ3v) is 3.87. The third-order valence-electron chi connectivity index (χ3n) is 3.63. The molecule has 3 aromatic rings. The number of nitrogens with zero attached hydrogens (tertiary/aromatic N) is 1. The number of hydrogen-bond acceptors (Lipinski definition) is 1. The van der Waals surface area contributed by atoms with Crippen molar-refractivity contribution in [1.29, 1.82) is 0 Å². The first-order chi connectivity index (χ1) is 10.2. The van der Waals surface area contributed by atoms with Crippen LogP contribution in [0.1, 0.15) is 23.2 Å². The van der Waals surface area contributed by atoms with Crippen LogP contribution in [-0.2, 0) is 6.54 Å². The SMILES string of the molecule is O=C(CCCn1ccc2ccc(Cl)cc21)c1ccccc1. The van der Waals surface area contributed by atoms with Gasteiger partial charge in [0.1, 0.15) is 0 Å². The van der Waals surface area contributed by atoms with Crippen LogP contribution in [-0.4, -0.2) is 10.4 Å². The average molecular weight is 298 g/mol. The van der Waals surface area contributed by atoms with Crippen molar-refractivity contribution in [3.8, 4) is 0 Å². The summed E-state index contributed by atoms with van der Waals surface area (Å²) in [5.41, 5.74) is 1.91. The summed E-state index contributed by atoms with van der Waals surface area (Å²) in [6, 6.07) is 17.4. The zero-order valence-electron chi connectivity index (χ0n) is 11.6. The summed E-state index contributed by atoms with van der Waals surface area (Å²) in [6.45, 7) is 0.822. The highest BCUT2D eigenvalue weighted by atomic mass is 35.5. The zero-order chi connectivity index (χ0) is 14.7. The third kappa shape index (κ3) is 3.17. The number of benzene rings is 2. The van der Waals surface area contributed by atoms with Gasteiger partial charge in [-0.25, -0.2) is 0 Å². The number of hydrogen-bond donors (Lipinski definition) is 0. The maximum absolute atomic E-state index is 12.1. The minimum absolute atomic E-state index is 0.199. The molecular formula is C18H16ClNO. The summed E-state index contributed by atoms with van der Waals surface area (Å²) in [7, 11) is 0. The number of fused-ring (bicyclic) bond motifs is 1. The van der Waals surface area contributed by atoms with E-state index in [2.05, 4.69) is 10.6 Å². The van der Waals surface area contributed by atoms with Crippen molar-refractivity contribution in [2.45, 2.75) is 19.4 Å². The smallest absolute Gasteiger partial charge is 0.162 e. The minimum atomic E-state index is 0.199. The van der Waals surface area contributed by atoms with Crippen molar-refractivity contribution in [2.75, 3.05) is 0 Å². The van der Waals surface area contributed by atoms with Gasteiger partial charge in [0.15, 0.2) is 5.78 Å². The number of Topliss-reactive ketones (excluding diaryl/α,β-unsaturated/α-hetero) is 1. The van der Waals surface area contributed by atoms with Crippen LogP contribution in [0.5, 0.6) is 0 Å². The molecule has 1 aromatic heterocycles. The van der Waals surface area contributed by atoms with Gasteiger partial charge in [0.2, 0.25) is 0 Å². The Morgan fingerprint density at radius 3 is 2.67 bits per heavy atom. The molecule has 0 N–H and O–H groups in total. The van der Waals surface area contributed by atoms with Crippen molar-refractivity contribution < 1.29 is 4.79 Å². The number of carbonyl (C=O) groups is 1. The molecular weight excluding hydrogens is 282 g/mol. The Labute approximate surface area is 129 Å². The molecule has 0 aliphatic heterocycles. The lowest BCUT2D eigenvalue weighted by molar-refractivity contribution is 0.0978. The van der Waals surface area contributed by atoms with Crippen LogP contribution in [0.2, 0.25) is 5.02 Å². The Morgan fingerprint density at radius 2 is 1.86 bits per heavy atom. The molecule has 0 aliphatic rings. The van der Waals surface area contributed by atoms with Crippen LogP contribution in [0, 0.1) is 0 Å². The lowest BCUT2D eigenvalue weighted by Crippen LogP contribution is -2.02. The van der Waals surface area contributed by atoms with Gasteiger partial charge in [-0.2, -0.15) is 0 Å². The second-order valence-corrected chi connectivity index (χ2v) is 5.54. The Hall–Kier alpha value is -2.06. The van der Waals surface area contributed by atoms with Crippen LogP contribution in [0.3, 0.4) is 0 Å². The Kier molecular flexibility index (Phi) is 4.07. The molecule has 3 heteroatoms. The van der Waals surface area contributed by atoms with Gasteiger partial charge in [-0.1, -0.05) is 48.0 Å². The topological polar surface area (TPSA) is 22.0 Å². The summed E-state index contributed by atoms with van der Waals surface area (Å²) < 4.78 is 2.15. The fraction of sp³-hybridized carbons (Fsp3) is 0.167. The van der Waals surface area contributed by atoms with Crippen molar-refractivity contribution in [3.63, 3.8) is 0 Å². The van der Waals surface area contributed by atoms with Crippen LogP contribution in [0.25, 0.3) is 10.9 Å². The maximum atomic E-state index is 12.1. The van der Waals surface area contributed by atoms with Crippen LogP contribution in [0.15, 0.2) is 60.8 Å². The molecule has 0 saturated heterocycles. The molecule has 0 saturated carbocycles. The molecule has 2 nitrogen and oxygen atoms in total. The molecule has 0 unspecified atom stereocenters. The van der Waals surface area contributed by atoms with E-state index in [9.17, 15) is 4.79 Å². The van der Waals surface area contributed by atoms with Gasteiger partial charge in [0, 0.05) is 35.3 Å². The summed E-state index contributed by atoms with van der Waals surface area (Å²) in [6.07, 6.45) is 3.43. The van der Waals surface area contributed by atoms with Crippen LogP contribution in [0.4, 0.5) is 0 Å². The Morgan fingerprint density at radius 1 is 1.05 bits per heavy atom. The molecule has 0 bridgehead atoms. The predicted octanol–water partition coefficient (Wildman–Crippen LogP) is 4.96. The number of aromatic nitrogens is 1. The molecule has 0 radical (unpaired) electrons. The van der Waals surface area contributed by atoms with Gasteiger partial charge in [-0.05, 0) is 30.0 Å². The quantitative estimate of drug-likeness (QED) is 0.610. The number of aryl methyl sites for hydroxylation is 1.